The molecule has 6 heteroatoms. The van der Waals surface area contributed by atoms with E-state index in [1.165, 1.54) is 0 Å². The molecule has 0 radical (unpaired) electrons. The van der Waals surface area contributed by atoms with Gasteiger partial charge in [0, 0.05) is 22.0 Å². The van der Waals surface area contributed by atoms with Gasteiger partial charge in [-0.25, -0.2) is 0 Å². The Balaban J connectivity index is 2.40. The zero-order valence-corrected chi connectivity index (χ0v) is 18.2. The molecule has 0 heterocycles. The maximum atomic E-state index is 12.1. The Morgan fingerprint density at radius 3 is 1.30 bits per heavy atom. The van der Waals surface area contributed by atoms with E-state index in [-0.39, 0.29) is 11.1 Å². The minimum atomic E-state index is -4.89. The highest BCUT2D eigenvalue weighted by Crippen LogP contribution is 2.49. The molecule has 158 valence electrons. The van der Waals surface area contributed by atoms with Crippen LogP contribution >= 0.6 is 0 Å². The van der Waals surface area contributed by atoms with E-state index < -0.39 is 37.3 Å². The summed E-state index contributed by atoms with van der Waals surface area (Å²) in [5.41, 5.74) is 0.655. The van der Waals surface area contributed by atoms with Gasteiger partial charge in [-0.1, -0.05) is 88.4 Å². The largest absolute Gasteiger partial charge is 0.506 e. The quantitative estimate of drug-likeness (QED) is 0.499. The summed E-state index contributed by atoms with van der Waals surface area (Å²) < 4.78 is 34.1. The molecule has 3 rings (SSSR count). The molecule has 3 aromatic rings. The summed E-state index contributed by atoms with van der Waals surface area (Å²) >= 11 is 0. The lowest BCUT2D eigenvalue weighted by Gasteiger charge is -2.33. The van der Waals surface area contributed by atoms with Crippen molar-refractivity contribution in [3.05, 3.63) is 89.0 Å². The van der Waals surface area contributed by atoms with Crippen LogP contribution in [0.2, 0.25) is 0 Å². The van der Waals surface area contributed by atoms with Crippen LogP contribution in [0.3, 0.4) is 0 Å². The second-order valence-electron chi connectivity index (χ2n) is 8.46. The summed E-state index contributed by atoms with van der Waals surface area (Å²) in [5.74, 6) is -1.31. The molecule has 0 aliphatic carbocycles. The summed E-state index contributed by atoms with van der Waals surface area (Å²) in [5, 5.41) is 21.7. The van der Waals surface area contributed by atoms with Gasteiger partial charge in [0.2, 0.25) is 0 Å². The number of phenols is 2. The van der Waals surface area contributed by atoms with Gasteiger partial charge in [-0.05, 0) is 17.2 Å². The topological polar surface area (TPSA) is 94.8 Å². The van der Waals surface area contributed by atoms with Crippen molar-refractivity contribution in [3.63, 3.8) is 0 Å². The lowest BCUT2D eigenvalue weighted by Crippen LogP contribution is -2.24. The van der Waals surface area contributed by atoms with Crippen molar-refractivity contribution >= 4 is 10.1 Å². The molecule has 0 aliphatic rings. The molecule has 0 aromatic heterocycles. The average molecular weight is 427 g/mol. The van der Waals surface area contributed by atoms with Gasteiger partial charge in [-0.3, -0.25) is 4.55 Å². The zero-order valence-electron chi connectivity index (χ0n) is 17.4. The van der Waals surface area contributed by atoms with Gasteiger partial charge >= 0.3 is 10.1 Å². The first-order chi connectivity index (χ1) is 13.9. The van der Waals surface area contributed by atoms with E-state index in [9.17, 15) is 23.2 Å². The predicted molar refractivity (Wildman–Crippen MR) is 117 cm³/mol. The van der Waals surface area contributed by atoms with Gasteiger partial charge in [0.15, 0.2) is 4.90 Å². The SMILES string of the molecule is CC(C)(c1ccccc1)c1cc(C(C)(C)c2ccccc2)c(O)c(S(=O)(=O)O)c1O. The highest BCUT2D eigenvalue weighted by molar-refractivity contribution is 7.86. The Kier molecular flexibility index (Phi) is 5.43. The molecule has 3 N–H and O–H groups in total. The van der Waals surface area contributed by atoms with Crippen LogP contribution in [0.4, 0.5) is 0 Å². The van der Waals surface area contributed by atoms with Crippen molar-refractivity contribution in [1.29, 1.82) is 0 Å². The van der Waals surface area contributed by atoms with Gasteiger partial charge in [-0.2, -0.15) is 8.42 Å². The fourth-order valence-electron chi connectivity index (χ4n) is 3.86. The lowest BCUT2D eigenvalue weighted by molar-refractivity contribution is 0.390. The fourth-order valence-corrected chi connectivity index (χ4v) is 4.56. The van der Waals surface area contributed by atoms with Gasteiger partial charge in [0.05, 0.1) is 0 Å². The van der Waals surface area contributed by atoms with Crippen molar-refractivity contribution in [1.82, 2.24) is 0 Å². The third-order valence-electron chi connectivity index (χ3n) is 5.82. The van der Waals surface area contributed by atoms with Gasteiger partial charge in [0.1, 0.15) is 11.5 Å². The fraction of sp³-hybridized carbons (Fsp3) is 0.250. The molecule has 0 unspecified atom stereocenters. The van der Waals surface area contributed by atoms with Gasteiger partial charge < -0.3 is 10.2 Å². The first-order valence-corrected chi connectivity index (χ1v) is 11.0. The number of aromatic hydroxyl groups is 2. The second-order valence-corrected chi connectivity index (χ2v) is 9.81. The van der Waals surface area contributed by atoms with Gasteiger partial charge in [-0.15, -0.1) is 0 Å². The molecule has 0 bridgehead atoms. The van der Waals surface area contributed by atoms with E-state index in [1.807, 2.05) is 88.4 Å². The Hall–Kier alpha value is -2.83. The maximum Gasteiger partial charge on any atom is 0.301 e. The molecule has 0 aliphatic heterocycles. The summed E-state index contributed by atoms with van der Waals surface area (Å²) in [6, 6.07) is 20.3. The number of rotatable bonds is 5. The van der Waals surface area contributed by atoms with Crippen molar-refractivity contribution in [3.8, 4) is 11.5 Å². The molecule has 0 saturated carbocycles. The first kappa shape index (κ1) is 21.9. The van der Waals surface area contributed by atoms with E-state index in [0.29, 0.717) is 0 Å². The van der Waals surface area contributed by atoms with E-state index in [1.54, 1.807) is 6.07 Å². The molecule has 3 aromatic carbocycles. The van der Waals surface area contributed by atoms with Crippen molar-refractivity contribution in [2.75, 3.05) is 0 Å². The summed E-state index contributed by atoms with van der Waals surface area (Å²) in [6.07, 6.45) is 0. The maximum absolute atomic E-state index is 12.1. The Labute approximate surface area is 177 Å². The average Bonchev–Trinajstić information content (AvgIpc) is 2.68. The highest BCUT2D eigenvalue weighted by atomic mass is 32.2. The van der Waals surface area contributed by atoms with Crippen LogP contribution in [0.5, 0.6) is 11.5 Å². The monoisotopic (exact) mass is 426 g/mol. The highest BCUT2D eigenvalue weighted by Gasteiger charge is 2.37. The number of benzene rings is 3. The van der Waals surface area contributed by atoms with E-state index in [2.05, 4.69) is 0 Å². The van der Waals surface area contributed by atoms with Gasteiger partial charge in [0.25, 0.3) is 0 Å². The third kappa shape index (κ3) is 3.68. The number of phenolic OH excluding ortho intramolecular Hbond substituents is 2. The van der Waals surface area contributed by atoms with E-state index >= 15 is 0 Å². The normalized spacial score (nSPS) is 12.7. The van der Waals surface area contributed by atoms with Crippen LogP contribution in [0.25, 0.3) is 0 Å². The van der Waals surface area contributed by atoms with E-state index in [0.717, 1.165) is 11.1 Å². The van der Waals surface area contributed by atoms with Crippen LogP contribution < -0.4 is 0 Å². The first-order valence-electron chi connectivity index (χ1n) is 9.57. The summed E-state index contributed by atoms with van der Waals surface area (Å²) in [6.45, 7) is 7.39. The number of hydrogen-bond acceptors (Lipinski definition) is 4. The molecule has 0 saturated heterocycles. The summed E-state index contributed by atoms with van der Waals surface area (Å²) in [4.78, 5) is -0.872. The molecule has 0 atom stereocenters. The minimum absolute atomic E-state index is 0.290. The van der Waals surface area contributed by atoms with Crippen molar-refractivity contribution < 1.29 is 23.2 Å². The molecular formula is C24H26O5S. The number of hydrogen-bond donors (Lipinski definition) is 3. The van der Waals surface area contributed by atoms with Crippen LogP contribution in [0.15, 0.2) is 71.6 Å². The molecule has 30 heavy (non-hydrogen) atoms. The summed E-state index contributed by atoms with van der Waals surface area (Å²) in [7, 11) is -4.89. The van der Waals surface area contributed by atoms with Crippen LogP contribution in [-0.4, -0.2) is 23.2 Å². The zero-order chi connectivity index (χ0) is 22.3. The molecule has 5 nitrogen and oxygen atoms in total. The Morgan fingerprint density at radius 2 is 1.00 bits per heavy atom. The molecular weight excluding hydrogens is 400 g/mol. The van der Waals surface area contributed by atoms with Crippen LogP contribution in [-0.2, 0) is 20.9 Å². The minimum Gasteiger partial charge on any atom is -0.506 e. The van der Waals surface area contributed by atoms with Crippen LogP contribution in [0.1, 0.15) is 49.9 Å². The molecule has 0 amide bonds. The van der Waals surface area contributed by atoms with Crippen molar-refractivity contribution in [2.45, 2.75) is 43.4 Å². The van der Waals surface area contributed by atoms with E-state index in [4.69, 9.17) is 0 Å². The van der Waals surface area contributed by atoms with Crippen molar-refractivity contribution in [2.24, 2.45) is 0 Å². The Bertz CT molecular complexity index is 1090. The standard InChI is InChI=1S/C24H26O5S/c1-23(2,16-11-7-5-8-12-16)18-15-19(21(26)22(20(18)25)30(27,28)29)24(3,4)17-13-9-6-10-14-17/h5-15,25-26H,1-4H3,(H,27,28,29). The smallest absolute Gasteiger partial charge is 0.301 e. The Morgan fingerprint density at radius 1 is 0.667 bits per heavy atom. The second kappa shape index (κ2) is 7.45. The third-order valence-corrected chi connectivity index (χ3v) is 6.73. The lowest BCUT2D eigenvalue weighted by atomic mass is 9.72. The molecule has 0 spiro atoms. The predicted octanol–water partition coefficient (Wildman–Crippen LogP) is 5.00. The van der Waals surface area contributed by atoms with Crippen LogP contribution in [0, 0.1) is 0 Å². The molecule has 0 fully saturated rings.